The van der Waals surface area contributed by atoms with E-state index < -0.39 is 0 Å². The van der Waals surface area contributed by atoms with Crippen LogP contribution >= 0.6 is 12.4 Å². The number of hydrogen-bond donors (Lipinski definition) is 2. The first-order chi connectivity index (χ1) is 10.3. The molecule has 1 fully saturated rings. The summed E-state index contributed by atoms with van der Waals surface area (Å²) in [7, 11) is 0. The van der Waals surface area contributed by atoms with Crippen LogP contribution in [0.15, 0.2) is 30.3 Å². The SMILES string of the molecule is CCC(CC)C(NC(=O)C1CNCCO1)c1ccccc1.Cl. The summed E-state index contributed by atoms with van der Waals surface area (Å²) in [5.74, 6) is 0.427. The largest absolute Gasteiger partial charge is 0.366 e. The van der Waals surface area contributed by atoms with Gasteiger partial charge in [0, 0.05) is 13.1 Å². The van der Waals surface area contributed by atoms with Gasteiger partial charge in [-0.2, -0.15) is 0 Å². The molecule has 4 nitrogen and oxygen atoms in total. The second-order valence-electron chi connectivity index (χ2n) is 5.54. The van der Waals surface area contributed by atoms with Gasteiger partial charge in [0.05, 0.1) is 12.6 Å². The van der Waals surface area contributed by atoms with Gasteiger partial charge in [-0.3, -0.25) is 4.79 Å². The summed E-state index contributed by atoms with van der Waals surface area (Å²) in [5.41, 5.74) is 1.17. The van der Waals surface area contributed by atoms with Crippen LogP contribution in [0.3, 0.4) is 0 Å². The fourth-order valence-electron chi connectivity index (χ4n) is 2.87. The Hall–Kier alpha value is -1.10. The van der Waals surface area contributed by atoms with Crippen LogP contribution in [-0.2, 0) is 9.53 Å². The highest BCUT2D eigenvalue weighted by molar-refractivity contribution is 5.85. The lowest BCUT2D eigenvalue weighted by atomic mass is 9.88. The number of benzene rings is 1. The summed E-state index contributed by atoms with van der Waals surface area (Å²) < 4.78 is 5.55. The van der Waals surface area contributed by atoms with E-state index in [1.165, 1.54) is 5.56 Å². The Kier molecular flexibility index (Phi) is 8.46. The van der Waals surface area contributed by atoms with Gasteiger partial charge in [0.15, 0.2) is 0 Å². The second-order valence-corrected chi connectivity index (χ2v) is 5.54. The van der Waals surface area contributed by atoms with E-state index in [9.17, 15) is 4.79 Å². The van der Waals surface area contributed by atoms with Gasteiger partial charge >= 0.3 is 0 Å². The smallest absolute Gasteiger partial charge is 0.250 e. The highest BCUT2D eigenvalue weighted by atomic mass is 35.5. The Morgan fingerprint density at radius 3 is 2.55 bits per heavy atom. The van der Waals surface area contributed by atoms with E-state index in [-0.39, 0.29) is 30.5 Å². The van der Waals surface area contributed by atoms with Gasteiger partial charge < -0.3 is 15.4 Å². The van der Waals surface area contributed by atoms with Crippen LogP contribution in [0.2, 0.25) is 0 Å². The van der Waals surface area contributed by atoms with Gasteiger partial charge in [-0.25, -0.2) is 0 Å². The standard InChI is InChI=1S/C17H26N2O2.ClH/c1-3-13(4-2)16(14-8-6-5-7-9-14)19-17(20)15-12-18-10-11-21-15;/h5-9,13,15-16,18H,3-4,10-12H2,1-2H3,(H,19,20);1H. The van der Waals surface area contributed by atoms with E-state index in [2.05, 4.69) is 36.6 Å². The molecule has 0 radical (unpaired) electrons. The lowest BCUT2D eigenvalue weighted by molar-refractivity contribution is -0.135. The van der Waals surface area contributed by atoms with Gasteiger partial charge in [0.2, 0.25) is 0 Å². The third kappa shape index (κ3) is 4.97. The number of ether oxygens (including phenoxy) is 1. The zero-order valence-electron chi connectivity index (χ0n) is 13.4. The first kappa shape index (κ1) is 18.9. The summed E-state index contributed by atoms with van der Waals surface area (Å²) in [6.45, 7) is 6.36. The van der Waals surface area contributed by atoms with Crippen LogP contribution in [0.1, 0.15) is 38.3 Å². The summed E-state index contributed by atoms with van der Waals surface area (Å²) in [6, 6.07) is 10.3. The fourth-order valence-corrected chi connectivity index (χ4v) is 2.87. The number of rotatable bonds is 6. The predicted molar refractivity (Wildman–Crippen MR) is 91.3 cm³/mol. The average molecular weight is 327 g/mol. The summed E-state index contributed by atoms with van der Waals surface area (Å²) in [4.78, 5) is 12.4. The van der Waals surface area contributed by atoms with Gasteiger partial charge in [-0.05, 0) is 11.5 Å². The maximum Gasteiger partial charge on any atom is 0.250 e. The number of hydrogen-bond acceptors (Lipinski definition) is 3. The highest BCUT2D eigenvalue weighted by Gasteiger charge is 2.27. The minimum absolute atomic E-state index is 0. The minimum Gasteiger partial charge on any atom is -0.366 e. The molecule has 0 bridgehead atoms. The average Bonchev–Trinajstić information content (AvgIpc) is 2.56. The molecule has 1 heterocycles. The number of carbonyl (C=O) groups is 1. The van der Waals surface area contributed by atoms with E-state index in [0.717, 1.165) is 19.4 Å². The Labute approximate surface area is 139 Å². The van der Waals surface area contributed by atoms with Gasteiger partial charge in [0.25, 0.3) is 5.91 Å². The molecule has 2 rings (SSSR count). The highest BCUT2D eigenvalue weighted by Crippen LogP contribution is 2.27. The molecule has 0 aliphatic carbocycles. The third-order valence-electron chi connectivity index (χ3n) is 4.20. The monoisotopic (exact) mass is 326 g/mol. The molecular formula is C17H27ClN2O2. The molecule has 1 aromatic carbocycles. The molecule has 0 aromatic heterocycles. The maximum atomic E-state index is 12.4. The van der Waals surface area contributed by atoms with Crippen LogP contribution in [0.25, 0.3) is 0 Å². The van der Waals surface area contributed by atoms with Gasteiger partial charge in [-0.1, -0.05) is 57.0 Å². The fraction of sp³-hybridized carbons (Fsp3) is 0.588. The van der Waals surface area contributed by atoms with Crippen molar-refractivity contribution >= 4 is 18.3 Å². The molecule has 1 saturated heterocycles. The van der Waals surface area contributed by atoms with E-state index in [4.69, 9.17) is 4.74 Å². The Bertz CT molecular complexity index is 432. The van der Waals surface area contributed by atoms with Crippen LogP contribution in [0, 0.1) is 5.92 Å². The van der Waals surface area contributed by atoms with Crippen LogP contribution < -0.4 is 10.6 Å². The lowest BCUT2D eigenvalue weighted by Crippen LogP contribution is -2.49. The van der Waals surface area contributed by atoms with Crippen molar-refractivity contribution in [2.24, 2.45) is 5.92 Å². The topological polar surface area (TPSA) is 50.4 Å². The molecule has 5 heteroatoms. The summed E-state index contributed by atoms with van der Waals surface area (Å²) in [5, 5.41) is 6.40. The Morgan fingerprint density at radius 2 is 2.00 bits per heavy atom. The van der Waals surface area contributed by atoms with Crippen LogP contribution in [-0.4, -0.2) is 31.7 Å². The Balaban J connectivity index is 0.00000242. The van der Waals surface area contributed by atoms with E-state index in [1.54, 1.807) is 0 Å². The quantitative estimate of drug-likeness (QED) is 0.845. The number of halogens is 1. The molecule has 1 amide bonds. The van der Waals surface area contributed by atoms with Gasteiger partial charge in [-0.15, -0.1) is 12.4 Å². The summed E-state index contributed by atoms with van der Waals surface area (Å²) in [6.07, 6.45) is 1.71. The molecule has 1 aliphatic rings. The minimum atomic E-state index is -0.376. The number of nitrogens with one attached hydrogen (secondary N) is 2. The zero-order valence-corrected chi connectivity index (χ0v) is 14.2. The molecular weight excluding hydrogens is 300 g/mol. The second kappa shape index (κ2) is 9.82. The Morgan fingerprint density at radius 1 is 1.32 bits per heavy atom. The summed E-state index contributed by atoms with van der Waals surface area (Å²) >= 11 is 0. The van der Waals surface area contributed by atoms with Crippen molar-refractivity contribution in [2.45, 2.75) is 38.8 Å². The number of amides is 1. The molecule has 22 heavy (non-hydrogen) atoms. The van der Waals surface area contributed by atoms with Crippen molar-refractivity contribution in [1.29, 1.82) is 0 Å². The molecule has 1 aliphatic heterocycles. The van der Waals surface area contributed by atoms with Crippen LogP contribution in [0.5, 0.6) is 0 Å². The molecule has 2 N–H and O–H groups in total. The number of morpholine rings is 1. The molecule has 2 unspecified atom stereocenters. The lowest BCUT2D eigenvalue weighted by Gasteiger charge is -2.30. The van der Waals surface area contributed by atoms with Crippen LogP contribution in [0.4, 0.5) is 0 Å². The third-order valence-corrected chi connectivity index (χ3v) is 4.20. The normalized spacial score (nSPS) is 19.3. The molecule has 0 saturated carbocycles. The predicted octanol–water partition coefficient (Wildman–Crippen LogP) is 2.69. The number of carbonyl (C=O) groups excluding carboxylic acids is 1. The zero-order chi connectivity index (χ0) is 15.1. The first-order valence-electron chi connectivity index (χ1n) is 7.93. The first-order valence-corrected chi connectivity index (χ1v) is 7.93. The van der Waals surface area contributed by atoms with Crippen molar-refractivity contribution in [1.82, 2.24) is 10.6 Å². The molecule has 1 aromatic rings. The van der Waals surface area contributed by atoms with Gasteiger partial charge in [0.1, 0.15) is 6.10 Å². The van der Waals surface area contributed by atoms with E-state index >= 15 is 0 Å². The van der Waals surface area contributed by atoms with Crippen molar-refractivity contribution in [2.75, 3.05) is 19.7 Å². The molecule has 2 atom stereocenters. The van der Waals surface area contributed by atoms with Crippen molar-refractivity contribution < 1.29 is 9.53 Å². The van der Waals surface area contributed by atoms with Crippen molar-refractivity contribution in [3.8, 4) is 0 Å². The maximum absolute atomic E-state index is 12.4. The van der Waals surface area contributed by atoms with E-state index in [0.29, 0.717) is 19.1 Å². The molecule has 124 valence electrons. The molecule has 0 spiro atoms. The van der Waals surface area contributed by atoms with Crippen molar-refractivity contribution in [3.63, 3.8) is 0 Å². The van der Waals surface area contributed by atoms with Crippen molar-refractivity contribution in [3.05, 3.63) is 35.9 Å². The van der Waals surface area contributed by atoms with E-state index in [1.807, 2.05) is 18.2 Å².